The number of carbonyl (C=O) groups is 1. The monoisotopic (exact) mass is 298 g/mol. The molecular weight excluding hydrogens is 275 g/mol. The number of nitrogen functional groups attached to an aromatic ring is 1. The highest BCUT2D eigenvalue weighted by Crippen LogP contribution is 2.29. The van der Waals surface area contributed by atoms with E-state index in [0.717, 1.165) is 6.42 Å². The number of nitrogens with one attached hydrogen (secondary N) is 1. The van der Waals surface area contributed by atoms with Crippen LogP contribution >= 0.6 is 0 Å². The number of esters is 1. The van der Waals surface area contributed by atoms with Gasteiger partial charge in [-0.2, -0.15) is 0 Å². The zero-order valence-corrected chi connectivity index (χ0v) is 12.9. The average Bonchev–Trinajstić information content (AvgIpc) is 2.44. The smallest absolute Gasteiger partial charge is 0.328 e. The lowest BCUT2D eigenvalue weighted by molar-refractivity contribution is -0.142. The first-order valence-electron chi connectivity index (χ1n) is 6.96. The van der Waals surface area contributed by atoms with Gasteiger partial charge in [-0.1, -0.05) is 20.8 Å². The Balaban J connectivity index is 3.02. The van der Waals surface area contributed by atoms with E-state index < -0.39 is 17.8 Å². The van der Waals surface area contributed by atoms with Gasteiger partial charge in [-0.15, -0.1) is 0 Å². The third-order valence-electron chi connectivity index (χ3n) is 3.00. The molecule has 0 radical (unpaired) electrons. The van der Waals surface area contributed by atoms with Crippen molar-refractivity contribution in [1.29, 1.82) is 0 Å². The van der Waals surface area contributed by atoms with Crippen molar-refractivity contribution in [2.45, 2.75) is 33.2 Å². The van der Waals surface area contributed by atoms with Crippen LogP contribution in [0, 0.1) is 11.7 Å². The normalized spacial score (nSPS) is 12.1. The number of nitrogens with two attached hydrogens (primary N) is 1. The number of halogens is 1. The van der Waals surface area contributed by atoms with Gasteiger partial charge in [-0.25, -0.2) is 9.18 Å². The number of benzene rings is 1. The maximum atomic E-state index is 13.8. The van der Waals surface area contributed by atoms with Crippen LogP contribution < -0.4 is 15.8 Å². The lowest BCUT2D eigenvalue weighted by Gasteiger charge is -2.22. The molecular formula is C15H23FN2O3. The topological polar surface area (TPSA) is 73.6 Å². The summed E-state index contributed by atoms with van der Waals surface area (Å²) >= 11 is 0. The molecule has 0 heterocycles. The zero-order chi connectivity index (χ0) is 16.0. The fraction of sp³-hybridized carbons (Fsp3) is 0.533. The molecule has 0 aliphatic rings. The molecule has 118 valence electrons. The fourth-order valence-electron chi connectivity index (χ4n) is 1.81. The summed E-state index contributed by atoms with van der Waals surface area (Å²) in [7, 11) is 1.32. The van der Waals surface area contributed by atoms with E-state index in [1.54, 1.807) is 0 Å². The summed E-state index contributed by atoms with van der Waals surface area (Å²) < 4.78 is 23.8. The van der Waals surface area contributed by atoms with E-state index in [9.17, 15) is 9.18 Å². The largest absolute Gasteiger partial charge is 0.490 e. The molecule has 0 aliphatic carbocycles. The van der Waals surface area contributed by atoms with Crippen LogP contribution in [0.3, 0.4) is 0 Å². The molecule has 0 fully saturated rings. The Labute approximate surface area is 124 Å². The molecule has 0 bridgehead atoms. The highest BCUT2D eigenvalue weighted by Gasteiger charge is 2.24. The van der Waals surface area contributed by atoms with E-state index in [1.165, 1.54) is 19.2 Å². The Morgan fingerprint density at radius 3 is 2.62 bits per heavy atom. The van der Waals surface area contributed by atoms with E-state index in [4.69, 9.17) is 15.2 Å². The maximum Gasteiger partial charge on any atom is 0.328 e. The molecule has 1 unspecified atom stereocenters. The van der Waals surface area contributed by atoms with Gasteiger partial charge in [0.2, 0.25) is 0 Å². The highest BCUT2D eigenvalue weighted by molar-refractivity contribution is 5.82. The SMILES string of the molecule is CCCOc1cc(NC(C(=O)OC)C(C)C)c(N)cc1F. The van der Waals surface area contributed by atoms with E-state index in [2.05, 4.69) is 5.32 Å². The molecule has 3 N–H and O–H groups in total. The molecule has 21 heavy (non-hydrogen) atoms. The predicted octanol–water partition coefficient (Wildman–Crippen LogP) is 2.81. The van der Waals surface area contributed by atoms with E-state index in [-0.39, 0.29) is 17.4 Å². The van der Waals surface area contributed by atoms with Gasteiger partial charge in [0.1, 0.15) is 6.04 Å². The molecule has 1 rings (SSSR count). The van der Waals surface area contributed by atoms with Gasteiger partial charge in [-0.3, -0.25) is 0 Å². The molecule has 1 aromatic carbocycles. The minimum atomic E-state index is -0.568. The van der Waals surface area contributed by atoms with Gasteiger partial charge in [-0.05, 0) is 12.3 Å². The number of anilines is 2. The Morgan fingerprint density at radius 2 is 2.10 bits per heavy atom. The molecule has 0 spiro atoms. The summed E-state index contributed by atoms with van der Waals surface area (Å²) in [6.07, 6.45) is 0.767. The van der Waals surface area contributed by atoms with Crippen LogP contribution in [0.2, 0.25) is 0 Å². The van der Waals surface area contributed by atoms with Crippen molar-refractivity contribution in [3.8, 4) is 5.75 Å². The number of carbonyl (C=O) groups excluding carboxylic acids is 1. The lowest BCUT2D eigenvalue weighted by Crippen LogP contribution is -2.35. The average molecular weight is 298 g/mol. The second-order valence-corrected chi connectivity index (χ2v) is 5.11. The van der Waals surface area contributed by atoms with Crippen LogP contribution in [0.4, 0.5) is 15.8 Å². The van der Waals surface area contributed by atoms with Gasteiger partial charge in [0, 0.05) is 12.1 Å². The molecule has 0 aromatic heterocycles. The number of ether oxygens (including phenoxy) is 2. The summed E-state index contributed by atoms with van der Waals surface area (Å²) in [5.74, 6) is -0.821. The van der Waals surface area contributed by atoms with Crippen molar-refractivity contribution < 1.29 is 18.7 Å². The van der Waals surface area contributed by atoms with Crippen molar-refractivity contribution >= 4 is 17.3 Å². The molecule has 0 saturated carbocycles. The number of hydrogen-bond acceptors (Lipinski definition) is 5. The van der Waals surface area contributed by atoms with Crippen LogP contribution in [-0.4, -0.2) is 25.7 Å². The molecule has 0 amide bonds. The van der Waals surface area contributed by atoms with Gasteiger partial charge in [0.05, 0.1) is 25.1 Å². The zero-order valence-electron chi connectivity index (χ0n) is 12.9. The number of methoxy groups -OCH3 is 1. The standard InChI is InChI=1S/C15H23FN2O3/c1-5-6-21-13-8-12(11(17)7-10(13)16)18-14(9(2)3)15(19)20-4/h7-9,14,18H,5-6,17H2,1-4H3. The van der Waals surface area contributed by atoms with Crippen molar-refractivity contribution in [2.75, 3.05) is 24.8 Å². The van der Waals surface area contributed by atoms with Crippen molar-refractivity contribution in [2.24, 2.45) is 5.92 Å². The minimum Gasteiger partial charge on any atom is -0.490 e. The van der Waals surface area contributed by atoms with Crippen LogP contribution in [0.1, 0.15) is 27.2 Å². The van der Waals surface area contributed by atoms with Crippen LogP contribution in [0.15, 0.2) is 12.1 Å². The second-order valence-electron chi connectivity index (χ2n) is 5.11. The first-order valence-corrected chi connectivity index (χ1v) is 6.96. The summed E-state index contributed by atoms with van der Waals surface area (Å²) in [6.45, 7) is 6.09. The molecule has 0 saturated heterocycles. The van der Waals surface area contributed by atoms with Gasteiger partial charge in [0.15, 0.2) is 11.6 Å². The summed E-state index contributed by atoms with van der Waals surface area (Å²) in [4.78, 5) is 11.8. The molecule has 1 aromatic rings. The first kappa shape index (κ1) is 17.1. The van der Waals surface area contributed by atoms with Crippen LogP contribution in [0.25, 0.3) is 0 Å². The quantitative estimate of drug-likeness (QED) is 0.598. The van der Waals surface area contributed by atoms with Crippen molar-refractivity contribution in [3.63, 3.8) is 0 Å². The lowest BCUT2D eigenvalue weighted by atomic mass is 10.0. The maximum absolute atomic E-state index is 13.8. The molecule has 6 heteroatoms. The Hall–Kier alpha value is -1.98. The minimum absolute atomic E-state index is 0.0121. The third kappa shape index (κ3) is 4.51. The van der Waals surface area contributed by atoms with Crippen molar-refractivity contribution in [3.05, 3.63) is 17.9 Å². The number of rotatable bonds is 7. The van der Waals surface area contributed by atoms with E-state index in [1.807, 2.05) is 20.8 Å². The molecule has 5 nitrogen and oxygen atoms in total. The Kier molecular flexibility index (Phi) is 6.27. The van der Waals surface area contributed by atoms with Crippen LogP contribution in [-0.2, 0) is 9.53 Å². The second kappa shape index (κ2) is 7.71. The Morgan fingerprint density at radius 1 is 1.43 bits per heavy atom. The molecule has 1 atom stereocenters. The highest BCUT2D eigenvalue weighted by atomic mass is 19.1. The van der Waals surface area contributed by atoms with Crippen LogP contribution in [0.5, 0.6) is 5.75 Å². The van der Waals surface area contributed by atoms with E-state index >= 15 is 0 Å². The summed E-state index contributed by atoms with van der Waals surface area (Å²) in [6, 6.07) is 2.09. The van der Waals surface area contributed by atoms with Gasteiger partial charge >= 0.3 is 5.97 Å². The fourth-order valence-corrected chi connectivity index (χ4v) is 1.81. The van der Waals surface area contributed by atoms with Gasteiger partial charge in [0.25, 0.3) is 0 Å². The molecule has 0 aliphatic heterocycles. The third-order valence-corrected chi connectivity index (χ3v) is 3.00. The summed E-state index contributed by atoms with van der Waals surface area (Å²) in [5.41, 5.74) is 6.46. The number of hydrogen-bond donors (Lipinski definition) is 2. The first-order chi connectivity index (χ1) is 9.90. The predicted molar refractivity (Wildman–Crippen MR) is 80.9 cm³/mol. The van der Waals surface area contributed by atoms with E-state index in [0.29, 0.717) is 12.3 Å². The Bertz CT molecular complexity index is 492. The summed E-state index contributed by atoms with van der Waals surface area (Å²) in [5, 5.41) is 3.00. The van der Waals surface area contributed by atoms with Crippen molar-refractivity contribution in [1.82, 2.24) is 0 Å². The van der Waals surface area contributed by atoms with Gasteiger partial charge < -0.3 is 20.5 Å².